The van der Waals surface area contributed by atoms with Crippen LogP contribution in [-0.2, 0) is 4.79 Å². The van der Waals surface area contributed by atoms with E-state index >= 15 is 0 Å². The Hall–Kier alpha value is -1.58. The summed E-state index contributed by atoms with van der Waals surface area (Å²) in [5.41, 5.74) is 6.24. The molecule has 0 unspecified atom stereocenters. The van der Waals surface area contributed by atoms with Crippen LogP contribution in [0.4, 0.5) is 10.1 Å². The van der Waals surface area contributed by atoms with Gasteiger partial charge in [0.15, 0.2) is 0 Å². The molecule has 0 aliphatic rings. The number of nitrogens with two attached hydrogens (primary N) is 1. The van der Waals surface area contributed by atoms with Gasteiger partial charge >= 0.3 is 0 Å². The third-order valence-corrected chi connectivity index (χ3v) is 2.67. The summed E-state index contributed by atoms with van der Waals surface area (Å²) in [6.45, 7) is 7.29. The van der Waals surface area contributed by atoms with Crippen LogP contribution in [0.25, 0.3) is 0 Å². The van der Waals surface area contributed by atoms with Crippen LogP contribution in [0.2, 0.25) is 0 Å². The van der Waals surface area contributed by atoms with E-state index in [2.05, 4.69) is 20.8 Å². The second kappa shape index (κ2) is 5.85. The minimum atomic E-state index is -0.381. The van der Waals surface area contributed by atoms with Crippen molar-refractivity contribution >= 4 is 11.6 Å². The minimum absolute atomic E-state index is 0.154. The lowest BCUT2D eigenvalue weighted by atomic mass is 9.92. The number of benzene rings is 1. The first-order valence-corrected chi connectivity index (χ1v) is 6.07. The molecular weight excluding hydrogens is 231 g/mol. The molecule has 0 aromatic heterocycles. The number of carbonyl (C=O) groups excluding carboxylic acids is 1. The smallest absolute Gasteiger partial charge is 0.236 e. The van der Waals surface area contributed by atoms with Gasteiger partial charge in [0.05, 0.1) is 6.54 Å². The summed E-state index contributed by atoms with van der Waals surface area (Å²) in [6.07, 6.45) is 0.928. The highest BCUT2D eigenvalue weighted by Crippen LogP contribution is 2.22. The van der Waals surface area contributed by atoms with Gasteiger partial charge in [0.2, 0.25) is 5.91 Å². The molecule has 18 heavy (non-hydrogen) atoms. The molecule has 0 heterocycles. The molecule has 0 radical (unpaired) electrons. The van der Waals surface area contributed by atoms with Crippen molar-refractivity contribution in [2.75, 3.05) is 18.0 Å². The summed E-state index contributed by atoms with van der Waals surface area (Å²) in [4.78, 5) is 13.0. The lowest BCUT2D eigenvalue weighted by Gasteiger charge is -2.27. The zero-order valence-electron chi connectivity index (χ0n) is 11.2. The van der Waals surface area contributed by atoms with Crippen molar-refractivity contribution in [3.8, 4) is 0 Å². The molecule has 4 heteroatoms. The maximum atomic E-state index is 12.9. The largest absolute Gasteiger partial charge is 0.368 e. The molecule has 0 aliphatic heterocycles. The van der Waals surface area contributed by atoms with Crippen molar-refractivity contribution < 1.29 is 9.18 Å². The third-order valence-electron chi connectivity index (χ3n) is 2.67. The van der Waals surface area contributed by atoms with Crippen LogP contribution in [-0.4, -0.2) is 19.0 Å². The Morgan fingerprint density at radius 1 is 1.28 bits per heavy atom. The first-order valence-electron chi connectivity index (χ1n) is 6.07. The van der Waals surface area contributed by atoms with Crippen molar-refractivity contribution in [1.29, 1.82) is 0 Å². The van der Waals surface area contributed by atoms with E-state index in [0.717, 1.165) is 18.7 Å². The van der Waals surface area contributed by atoms with E-state index < -0.39 is 0 Å². The van der Waals surface area contributed by atoms with Gasteiger partial charge < -0.3 is 10.6 Å². The zero-order chi connectivity index (χ0) is 13.8. The third kappa shape index (κ3) is 5.17. The number of primary amides is 1. The molecule has 0 saturated carbocycles. The fourth-order valence-corrected chi connectivity index (χ4v) is 1.61. The number of hydrogen-bond acceptors (Lipinski definition) is 2. The zero-order valence-corrected chi connectivity index (χ0v) is 11.2. The molecular formula is C14H21FN2O. The molecule has 0 aliphatic carbocycles. The normalized spacial score (nSPS) is 11.3. The van der Waals surface area contributed by atoms with E-state index in [4.69, 9.17) is 5.73 Å². The fraction of sp³-hybridized carbons (Fsp3) is 0.500. The van der Waals surface area contributed by atoms with Crippen molar-refractivity contribution in [3.63, 3.8) is 0 Å². The first kappa shape index (κ1) is 14.5. The average Bonchev–Trinajstić information content (AvgIpc) is 2.24. The van der Waals surface area contributed by atoms with Crippen LogP contribution >= 0.6 is 0 Å². The van der Waals surface area contributed by atoms with Crippen molar-refractivity contribution in [3.05, 3.63) is 30.1 Å². The summed E-state index contributed by atoms with van der Waals surface area (Å²) in [5, 5.41) is 0. The van der Waals surface area contributed by atoms with E-state index in [1.165, 1.54) is 12.1 Å². The lowest BCUT2D eigenvalue weighted by Crippen LogP contribution is -2.35. The summed E-state index contributed by atoms with van der Waals surface area (Å²) in [7, 11) is 0. The van der Waals surface area contributed by atoms with Crippen LogP contribution in [0.3, 0.4) is 0 Å². The summed E-state index contributed by atoms with van der Waals surface area (Å²) >= 11 is 0. The van der Waals surface area contributed by atoms with Crippen molar-refractivity contribution in [1.82, 2.24) is 0 Å². The van der Waals surface area contributed by atoms with Crippen LogP contribution in [0, 0.1) is 11.2 Å². The topological polar surface area (TPSA) is 46.3 Å². The van der Waals surface area contributed by atoms with Crippen LogP contribution in [0.5, 0.6) is 0 Å². The molecule has 0 spiro atoms. The Kier molecular flexibility index (Phi) is 4.70. The Labute approximate surface area is 108 Å². The molecule has 1 aromatic carbocycles. The van der Waals surface area contributed by atoms with Crippen LogP contribution < -0.4 is 10.6 Å². The van der Waals surface area contributed by atoms with Gasteiger partial charge in [-0.05, 0) is 36.1 Å². The summed E-state index contributed by atoms with van der Waals surface area (Å²) in [5.74, 6) is -0.665. The molecule has 3 nitrogen and oxygen atoms in total. The number of amides is 1. The van der Waals surface area contributed by atoms with Gasteiger partial charge in [-0.2, -0.15) is 0 Å². The van der Waals surface area contributed by atoms with E-state index in [-0.39, 0.29) is 23.7 Å². The highest BCUT2D eigenvalue weighted by atomic mass is 19.1. The van der Waals surface area contributed by atoms with E-state index in [1.54, 1.807) is 12.1 Å². The predicted molar refractivity (Wildman–Crippen MR) is 71.9 cm³/mol. The molecule has 0 bridgehead atoms. The molecule has 1 aromatic rings. The molecule has 2 N–H and O–H groups in total. The Morgan fingerprint density at radius 2 is 1.83 bits per heavy atom. The van der Waals surface area contributed by atoms with Crippen LogP contribution in [0.15, 0.2) is 24.3 Å². The minimum Gasteiger partial charge on any atom is -0.368 e. The highest BCUT2D eigenvalue weighted by molar-refractivity contribution is 5.79. The predicted octanol–water partition coefficient (Wildman–Crippen LogP) is 2.55. The van der Waals surface area contributed by atoms with E-state index in [1.807, 2.05) is 4.90 Å². The molecule has 0 atom stereocenters. The lowest BCUT2D eigenvalue weighted by molar-refractivity contribution is -0.116. The van der Waals surface area contributed by atoms with Gasteiger partial charge in [0.25, 0.3) is 0 Å². The van der Waals surface area contributed by atoms with Crippen molar-refractivity contribution in [2.45, 2.75) is 27.2 Å². The second-order valence-electron chi connectivity index (χ2n) is 5.67. The highest BCUT2D eigenvalue weighted by Gasteiger charge is 2.15. The van der Waals surface area contributed by atoms with Crippen molar-refractivity contribution in [2.24, 2.45) is 11.1 Å². The van der Waals surface area contributed by atoms with Gasteiger partial charge in [-0.3, -0.25) is 4.79 Å². The summed E-state index contributed by atoms with van der Waals surface area (Å²) in [6, 6.07) is 6.11. The van der Waals surface area contributed by atoms with Gasteiger partial charge in [0.1, 0.15) is 5.82 Å². The average molecular weight is 252 g/mol. The SMILES string of the molecule is CC(C)(C)CCN(CC(N)=O)c1ccc(F)cc1. The Balaban J connectivity index is 2.77. The first-order chi connectivity index (χ1) is 8.28. The number of rotatable bonds is 5. The van der Waals surface area contributed by atoms with Gasteiger partial charge in [-0.15, -0.1) is 0 Å². The monoisotopic (exact) mass is 252 g/mol. The molecule has 0 fully saturated rings. The van der Waals surface area contributed by atoms with Gasteiger partial charge in [0, 0.05) is 12.2 Å². The number of hydrogen-bond donors (Lipinski definition) is 1. The maximum absolute atomic E-state index is 12.9. The fourth-order valence-electron chi connectivity index (χ4n) is 1.61. The number of nitrogens with zero attached hydrogens (tertiary/aromatic N) is 1. The standard InChI is InChI=1S/C14H21FN2O/c1-14(2,3)8-9-17(10-13(16)18)12-6-4-11(15)5-7-12/h4-7H,8-10H2,1-3H3,(H2,16,18). The summed E-state index contributed by atoms with van der Waals surface area (Å²) < 4.78 is 12.9. The molecule has 100 valence electrons. The van der Waals surface area contributed by atoms with Gasteiger partial charge in [-0.25, -0.2) is 4.39 Å². The van der Waals surface area contributed by atoms with Gasteiger partial charge in [-0.1, -0.05) is 20.8 Å². The second-order valence-corrected chi connectivity index (χ2v) is 5.67. The van der Waals surface area contributed by atoms with E-state index in [9.17, 15) is 9.18 Å². The molecule has 1 rings (SSSR count). The molecule has 1 amide bonds. The maximum Gasteiger partial charge on any atom is 0.236 e. The number of halogens is 1. The number of anilines is 1. The molecule has 0 saturated heterocycles. The van der Waals surface area contributed by atoms with E-state index in [0.29, 0.717) is 0 Å². The number of carbonyl (C=O) groups is 1. The van der Waals surface area contributed by atoms with Crippen LogP contribution in [0.1, 0.15) is 27.2 Å². The quantitative estimate of drug-likeness (QED) is 0.875. The Morgan fingerprint density at radius 3 is 2.28 bits per heavy atom. The Bertz CT molecular complexity index is 395.